The highest BCUT2D eigenvalue weighted by atomic mass is 16.5. The van der Waals surface area contributed by atoms with Crippen LogP contribution in [0.15, 0.2) is 59.0 Å². The standard InChI is InChI=1S/C18H15NO4/c1-21-14-10-8-13(9-11-14)17-19-15(18(20)22-2)16(23-17)12-6-4-3-5-7-12/h3-11H,1-2H3. The van der Waals surface area contributed by atoms with Crippen molar-refractivity contribution in [3.63, 3.8) is 0 Å². The molecule has 116 valence electrons. The largest absolute Gasteiger partial charge is 0.497 e. The molecule has 0 saturated carbocycles. The molecule has 0 fully saturated rings. The third-order valence-corrected chi connectivity index (χ3v) is 3.38. The van der Waals surface area contributed by atoms with Crippen molar-refractivity contribution in [1.82, 2.24) is 4.98 Å². The number of esters is 1. The van der Waals surface area contributed by atoms with E-state index < -0.39 is 5.97 Å². The molecule has 0 aliphatic rings. The molecule has 5 heteroatoms. The highest BCUT2D eigenvalue weighted by Crippen LogP contribution is 2.30. The maximum absolute atomic E-state index is 12.0. The fourth-order valence-corrected chi connectivity index (χ4v) is 2.20. The summed E-state index contributed by atoms with van der Waals surface area (Å²) in [5, 5.41) is 0. The molecule has 0 atom stereocenters. The number of rotatable bonds is 4. The van der Waals surface area contributed by atoms with Gasteiger partial charge in [-0.2, -0.15) is 0 Å². The zero-order valence-electron chi connectivity index (χ0n) is 12.8. The van der Waals surface area contributed by atoms with Crippen molar-refractivity contribution in [1.29, 1.82) is 0 Å². The normalized spacial score (nSPS) is 10.3. The van der Waals surface area contributed by atoms with Crippen LogP contribution in [-0.2, 0) is 4.74 Å². The highest BCUT2D eigenvalue weighted by molar-refractivity contribution is 5.94. The van der Waals surface area contributed by atoms with Gasteiger partial charge >= 0.3 is 5.97 Å². The molecule has 3 aromatic rings. The van der Waals surface area contributed by atoms with Gasteiger partial charge in [-0.3, -0.25) is 0 Å². The first-order valence-electron chi connectivity index (χ1n) is 7.02. The van der Waals surface area contributed by atoms with Gasteiger partial charge in [0.1, 0.15) is 5.75 Å². The molecule has 0 aliphatic heterocycles. The van der Waals surface area contributed by atoms with Crippen molar-refractivity contribution in [2.24, 2.45) is 0 Å². The van der Waals surface area contributed by atoms with Crippen LogP contribution in [0, 0.1) is 0 Å². The quantitative estimate of drug-likeness (QED) is 0.686. The van der Waals surface area contributed by atoms with Crippen LogP contribution in [0.4, 0.5) is 0 Å². The van der Waals surface area contributed by atoms with Gasteiger partial charge in [-0.1, -0.05) is 30.3 Å². The highest BCUT2D eigenvalue weighted by Gasteiger charge is 2.22. The maximum atomic E-state index is 12.0. The molecule has 5 nitrogen and oxygen atoms in total. The minimum atomic E-state index is -0.535. The smallest absolute Gasteiger partial charge is 0.360 e. The van der Waals surface area contributed by atoms with Crippen molar-refractivity contribution in [2.75, 3.05) is 14.2 Å². The van der Waals surface area contributed by atoms with Gasteiger partial charge in [-0.05, 0) is 24.3 Å². The first kappa shape index (κ1) is 14.8. The third-order valence-electron chi connectivity index (χ3n) is 3.38. The second-order valence-corrected chi connectivity index (χ2v) is 4.78. The van der Waals surface area contributed by atoms with Gasteiger partial charge in [0.05, 0.1) is 14.2 Å². The number of hydrogen-bond donors (Lipinski definition) is 0. The van der Waals surface area contributed by atoms with E-state index in [1.54, 1.807) is 19.2 Å². The van der Waals surface area contributed by atoms with Gasteiger partial charge in [-0.15, -0.1) is 0 Å². The van der Waals surface area contributed by atoms with Crippen molar-refractivity contribution in [3.8, 4) is 28.5 Å². The number of hydrogen-bond acceptors (Lipinski definition) is 5. The molecule has 0 unspecified atom stereocenters. The second kappa shape index (κ2) is 6.36. The van der Waals surface area contributed by atoms with E-state index in [-0.39, 0.29) is 5.69 Å². The zero-order chi connectivity index (χ0) is 16.2. The molecular formula is C18H15NO4. The van der Waals surface area contributed by atoms with Crippen LogP contribution in [0.2, 0.25) is 0 Å². The van der Waals surface area contributed by atoms with Crippen molar-refractivity contribution in [3.05, 3.63) is 60.3 Å². The molecule has 1 aromatic heterocycles. The van der Waals surface area contributed by atoms with E-state index in [0.717, 1.165) is 16.9 Å². The van der Waals surface area contributed by atoms with E-state index in [0.29, 0.717) is 11.7 Å². The summed E-state index contributed by atoms with van der Waals surface area (Å²) in [7, 11) is 2.92. The predicted octanol–water partition coefficient (Wildman–Crippen LogP) is 3.80. The molecule has 0 saturated heterocycles. The summed E-state index contributed by atoms with van der Waals surface area (Å²) < 4.78 is 15.8. The Bertz CT molecular complexity index is 807. The van der Waals surface area contributed by atoms with E-state index in [4.69, 9.17) is 13.9 Å². The van der Waals surface area contributed by atoms with Gasteiger partial charge in [0.2, 0.25) is 5.89 Å². The SMILES string of the molecule is COC(=O)c1nc(-c2ccc(OC)cc2)oc1-c1ccccc1. The lowest BCUT2D eigenvalue weighted by Crippen LogP contribution is -2.03. The van der Waals surface area contributed by atoms with Crippen LogP contribution < -0.4 is 4.74 Å². The van der Waals surface area contributed by atoms with E-state index in [1.807, 2.05) is 42.5 Å². The molecule has 0 N–H and O–H groups in total. The van der Waals surface area contributed by atoms with Crippen molar-refractivity contribution < 1.29 is 18.7 Å². The topological polar surface area (TPSA) is 61.6 Å². The third kappa shape index (κ3) is 2.94. The summed E-state index contributed by atoms with van der Waals surface area (Å²) in [5.41, 5.74) is 1.67. The summed E-state index contributed by atoms with van der Waals surface area (Å²) in [5.74, 6) is 0.944. The molecule has 23 heavy (non-hydrogen) atoms. The van der Waals surface area contributed by atoms with E-state index in [9.17, 15) is 4.79 Å². The lowest BCUT2D eigenvalue weighted by atomic mass is 10.1. The molecule has 2 aromatic carbocycles. The molecule has 1 heterocycles. The fraction of sp³-hybridized carbons (Fsp3) is 0.111. The summed E-state index contributed by atoms with van der Waals surface area (Å²) in [6.45, 7) is 0. The lowest BCUT2D eigenvalue weighted by molar-refractivity contribution is 0.0595. The zero-order valence-corrected chi connectivity index (χ0v) is 12.8. The number of carbonyl (C=O) groups excluding carboxylic acids is 1. The summed E-state index contributed by atoms with van der Waals surface area (Å²) in [6, 6.07) is 16.6. The summed E-state index contributed by atoms with van der Waals surface area (Å²) in [6.07, 6.45) is 0. The Labute approximate surface area is 133 Å². The molecule has 0 aliphatic carbocycles. The molecule has 0 amide bonds. The number of benzene rings is 2. The number of nitrogens with zero attached hydrogens (tertiary/aromatic N) is 1. The Hall–Kier alpha value is -3.08. The molecule has 0 radical (unpaired) electrons. The van der Waals surface area contributed by atoms with Crippen LogP contribution in [0.3, 0.4) is 0 Å². The van der Waals surface area contributed by atoms with Crippen LogP contribution in [0.1, 0.15) is 10.5 Å². The Morgan fingerprint density at radius 1 is 0.957 bits per heavy atom. The number of oxazole rings is 1. The maximum Gasteiger partial charge on any atom is 0.360 e. The number of methoxy groups -OCH3 is 2. The first-order valence-corrected chi connectivity index (χ1v) is 7.02. The summed E-state index contributed by atoms with van der Waals surface area (Å²) in [4.78, 5) is 16.3. The van der Waals surface area contributed by atoms with Gasteiger partial charge in [0.15, 0.2) is 11.5 Å². The van der Waals surface area contributed by atoms with Gasteiger partial charge in [-0.25, -0.2) is 9.78 Å². The second-order valence-electron chi connectivity index (χ2n) is 4.78. The van der Waals surface area contributed by atoms with Gasteiger partial charge in [0, 0.05) is 11.1 Å². The first-order chi connectivity index (χ1) is 11.2. The average Bonchev–Trinajstić information content (AvgIpc) is 3.07. The predicted molar refractivity (Wildman–Crippen MR) is 85.3 cm³/mol. The van der Waals surface area contributed by atoms with Crippen molar-refractivity contribution in [2.45, 2.75) is 0 Å². The van der Waals surface area contributed by atoms with E-state index >= 15 is 0 Å². The van der Waals surface area contributed by atoms with Crippen LogP contribution in [0.25, 0.3) is 22.8 Å². The minimum Gasteiger partial charge on any atom is -0.497 e. The van der Waals surface area contributed by atoms with E-state index in [2.05, 4.69) is 4.98 Å². The van der Waals surface area contributed by atoms with Crippen molar-refractivity contribution >= 4 is 5.97 Å². The lowest BCUT2D eigenvalue weighted by Gasteiger charge is -2.00. The average molecular weight is 309 g/mol. The van der Waals surface area contributed by atoms with Gasteiger partial charge in [0.25, 0.3) is 0 Å². The Kier molecular flexibility index (Phi) is 4.10. The number of ether oxygens (including phenoxy) is 2. The molecule has 3 rings (SSSR count). The number of carbonyl (C=O) groups is 1. The molecule has 0 bridgehead atoms. The van der Waals surface area contributed by atoms with Crippen LogP contribution in [-0.4, -0.2) is 25.2 Å². The molecular weight excluding hydrogens is 294 g/mol. The summed E-state index contributed by atoms with van der Waals surface area (Å²) >= 11 is 0. The van der Waals surface area contributed by atoms with Crippen LogP contribution >= 0.6 is 0 Å². The minimum absolute atomic E-state index is 0.157. The Balaban J connectivity index is 2.09. The number of aromatic nitrogens is 1. The van der Waals surface area contributed by atoms with Gasteiger partial charge < -0.3 is 13.9 Å². The van der Waals surface area contributed by atoms with E-state index in [1.165, 1.54) is 7.11 Å². The van der Waals surface area contributed by atoms with Crippen LogP contribution in [0.5, 0.6) is 5.75 Å². The fourth-order valence-electron chi connectivity index (χ4n) is 2.20. The Morgan fingerprint density at radius 3 is 2.26 bits per heavy atom. The monoisotopic (exact) mass is 309 g/mol. The Morgan fingerprint density at radius 2 is 1.65 bits per heavy atom. The molecule has 0 spiro atoms.